The van der Waals surface area contributed by atoms with Gasteiger partial charge < -0.3 is 28.9 Å². The number of allylic oxidation sites excluding steroid dienone is 1. The molecule has 0 bridgehead atoms. The molecule has 172 valence electrons. The minimum atomic E-state index is -0.452. The first-order valence-electron chi connectivity index (χ1n) is 11.0. The van der Waals surface area contributed by atoms with Crippen LogP contribution in [0, 0.1) is 12.8 Å². The first-order valence-corrected chi connectivity index (χ1v) is 12.0. The van der Waals surface area contributed by atoms with E-state index in [0.29, 0.717) is 38.8 Å². The molecule has 0 saturated carbocycles. The quantitative estimate of drug-likeness (QED) is 0.414. The third kappa shape index (κ3) is 6.72. The van der Waals surface area contributed by atoms with Gasteiger partial charge in [-0.15, -0.1) is 11.8 Å². The van der Waals surface area contributed by atoms with Crippen molar-refractivity contribution in [2.45, 2.75) is 43.4 Å². The fraction of sp³-hybridized carbons (Fsp3) is 0.500. The van der Waals surface area contributed by atoms with Crippen LogP contribution in [0.15, 0.2) is 30.1 Å². The number of nitrogens with zero attached hydrogens (tertiary/aromatic N) is 3. The van der Waals surface area contributed by atoms with Gasteiger partial charge >= 0.3 is 29.6 Å². The zero-order valence-corrected chi connectivity index (χ0v) is 22.5. The Bertz CT molecular complexity index is 949. The minimum absolute atomic E-state index is 0. The maximum Gasteiger partial charge on any atom is 1.00 e. The summed E-state index contributed by atoms with van der Waals surface area (Å²) in [6, 6.07) is 1.91. The van der Waals surface area contributed by atoms with Crippen molar-refractivity contribution >= 4 is 23.9 Å². The third-order valence-corrected chi connectivity index (χ3v) is 6.56. The molecule has 2 aromatic heterocycles. The predicted molar refractivity (Wildman–Crippen MR) is 125 cm³/mol. The monoisotopic (exact) mass is 479 g/mol. The number of thioether (sulfide) groups is 1. The molecule has 0 N–H and O–H groups in total. The summed E-state index contributed by atoms with van der Waals surface area (Å²) < 4.78 is 23.7. The molecule has 9 heteroatoms. The van der Waals surface area contributed by atoms with E-state index in [0.717, 1.165) is 46.4 Å². The summed E-state index contributed by atoms with van der Waals surface area (Å²) in [4.78, 5) is 13.6. The first-order chi connectivity index (χ1) is 15.6. The van der Waals surface area contributed by atoms with E-state index >= 15 is 0 Å². The van der Waals surface area contributed by atoms with Crippen LogP contribution in [0.5, 0.6) is 5.75 Å². The second kappa shape index (κ2) is 12.5. The summed E-state index contributed by atoms with van der Waals surface area (Å²) in [7, 11) is 0. The fourth-order valence-electron chi connectivity index (χ4n) is 3.74. The normalized spacial score (nSPS) is 18.4. The van der Waals surface area contributed by atoms with Crippen LogP contribution in [-0.2, 0) is 20.0 Å². The van der Waals surface area contributed by atoms with Gasteiger partial charge in [-0.1, -0.05) is 24.8 Å². The minimum Gasteiger partial charge on any atom is -0.493 e. The van der Waals surface area contributed by atoms with Crippen molar-refractivity contribution in [1.82, 2.24) is 15.0 Å². The maximum absolute atomic E-state index is 6.13. The van der Waals surface area contributed by atoms with Crippen molar-refractivity contribution in [2.24, 2.45) is 5.92 Å². The van der Waals surface area contributed by atoms with E-state index in [9.17, 15) is 0 Å². The van der Waals surface area contributed by atoms with Crippen LogP contribution in [0.3, 0.4) is 0 Å². The van der Waals surface area contributed by atoms with Gasteiger partial charge in [-0.25, -0.2) is 0 Å². The Morgan fingerprint density at radius 1 is 1.30 bits per heavy atom. The molecular weight excluding hydrogens is 449 g/mol. The van der Waals surface area contributed by atoms with Crippen molar-refractivity contribution < 1.29 is 48.5 Å². The molecule has 0 aliphatic carbocycles. The molecule has 0 unspecified atom stereocenters. The molecule has 1 spiro atoms. The average Bonchev–Trinajstić information content (AvgIpc) is 3.21. The molecule has 2 fully saturated rings. The summed E-state index contributed by atoms with van der Waals surface area (Å²) in [6.07, 6.45) is 8.99. The van der Waals surface area contributed by atoms with Crippen LogP contribution < -0.4 is 39.3 Å². The Hall–Kier alpha value is -1.13. The van der Waals surface area contributed by atoms with E-state index in [1.165, 1.54) is 0 Å². The van der Waals surface area contributed by atoms with Crippen molar-refractivity contribution in [3.8, 4) is 5.75 Å². The molecule has 0 radical (unpaired) electrons. The second-order valence-electron chi connectivity index (χ2n) is 7.97. The van der Waals surface area contributed by atoms with Crippen LogP contribution in [0.4, 0.5) is 0 Å². The van der Waals surface area contributed by atoms with Gasteiger partial charge in [0.2, 0.25) is 0 Å². The average molecular weight is 480 g/mol. The van der Waals surface area contributed by atoms with E-state index in [-0.39, 0.29) is 35.5 Å². The molecular formula is C24H30N3NaO4S. The van der Waals surface area contributed by atoms with Gasteiger partial charge in [0.05, 0.1) is 38.7 Å². The van der Waals surface area contributed by atoms with Crippen LogP contribution >= 0.6 is 11.8 Å². The fourth-order valence-corrected chi connectivity index (χ4v) is 4.62. The maximum atomic E-state index is 6.13. The van der Waals surface area contributed by atoms with Gasteiger partial charge in [-0.05, 0) is 36.5 Å². The number of imidazole rings is 1. The van der Waals surface area contributed by atoms with Gasteiger partial charge in [0, 0.05) is 36.3 Å². The summed E-state index contributed by atoms with van der Waals surface area (Å²) in [5, 5.41) is 0.721. The number of rotatable bonds is 8. The number of aromatic nitrogens is 3. The summed E-state index contributed by atoms with van der Waals surface area (Å²) >= 11 is 1.56. The van der Waals surface area contributed by atoms with Gasteiger partial charge in [0.25, 0.3) is 0 Å². The van der Waals surface area contributed by atoms with Crippen molar-refractivity contribution in [2.75, 3.05) is 33.0 Å². The number of pyridine rings is 1. The van der Waals surface area contributed by atoms with Crippen LogP contribution in [0.2, 0.25) is 0 Å². The van der Waals surface area contributed by atoms with E-state index < -0.39 is 5.79 Å². The topological polar surface area (TPSA) is 76.8 Å². The summed E-state index contributed by atoms with van der Waals surface area (Å²) in [5.41, 5.74) is 3.63. The smallest absolute Gasteiger partial charge is 0.493 e. The Morgan fingerprint density at radius 3 is 2.76 bits per heavy atom. The largest absolute Gasteiger partial charge is 1.00 e. The predicted octanol–water partition coefficient (Wildman–Crippen LogP) is 1.26. The Labute approximate surface area is 222 Å². The SMILES string of the molecule is C=Cc1[n-]c(SCc2nccc(OCC3COC4(CCOCC4)OC3)c2C)nc1/C=C\C.[Na+]. The Morgan fingerprint density at radius 2 is 2.06 bits per heavy atom. The van der Waals surface area contributed by atoms with Crippen molar-refractivity contribution in [1.29, 1.82) is 0 Å². The number of hydrogen-bond acceptors (Lipinski definition) is 7. The molecule has 4 rings (SSSR count). The van der Waals surface area contributed by atoms with Gasteiger partial charge in [0.1, 0.15) is 5.75 Å². The molecule has 2 aliphatic rings. The number of hydrogen-bond donors (Lipinski definition) is 0. The van der Waals surface area contributed by atoms with E-state index in [1.807, 2.05) is 32.1 Å². The van der Waals surface area contributed by atoms with Crippen LogP contribution in [0.1, 0.15) is 42.4 Å². The van der Waals surface area contributed by atoms with Crippen LogP contribution in [0.25, 0.3) is 12.2 Å². The molecule has 33 heavy (non-hydrogen) atoms. The molecule has 2 saturated heterocycles. The molecule has 0 atom stereocenters. The van der Waals surface area contributed by atoms with Gasteiger partial charge in [-0.2, -0.15) is 0 Å². The van der Waals surface area contributed by atoms with Crippen molar-refractivity contribution in [3.05, 3.63) is 47.6 Å². The molecule has 0 amide bonds. The first kappa shape index (κ1) is 26.5. The molecule has 4 heterocycles. The van der Waals surface area contributed by atoms with E-state index in [4.69, 9.17) is 18.9 Å². The van der Waals surface area contributed by atoms with Gasteiger partial charge in [-0.3, -0.25) is 4.98 Å². The van der Waals surface area contributed by atoms with Crippen molar-refractivity contribution in [3.63, 3.8) is 0 Å². The summed E-state index contributed by atoms with van der Waals surface area (Å²) in [6.45, 7) is 11.0. The zero-order chi connectivity index (χ0) is 22.4. The van der Waals surface area contributed by atoms with Gasteiger partial charge in [0.15, 0.2) is 5.79 Å². The van der Waals surface area contributed by atoms with Crippen LogP contribution in [-0.4, -0.2) is 48.8 Å². The molecule has 2 aromatic rings. The Kier molecular flexibility index (Phi) is 10.1. The van der Waals surface area contributed by atoms with E-state index in [2.05, 4.69) is 21.5 Å². The second-order valence-corrected chi connectivity index (χ2v) is 8.91. The summed E-state index contributed by atoms with van der Waals surface area (Å²) in [5.74, 6) is 1.26. The Balaban J connectivity index is 0.00000306. The zero-order valence-electron chi connectivity index (χ0n) is 19.7. The third-order valence-electron chi connectivity index (χ3n) is 5.70. The number of ether oxygens (including phenoxy) is 4. The molecule has 2 aliphatic heterocycles. The molecule has 7 nitrogen and oxygen atoms in total. The van der Waals surface area contributed by atoms with E-state index in [1.54, 1.807) is 24.0 Å². The molecule has 0 aromatic carbocycles. The standard InChI is InChI=1S/C24H30N3O4S.Na/c1-4-6-20-19(5-2)26-23(27-20)32-16-21-17(3)22(7-10-25-21)29-13-18-14-30-24(31-15-18)8-11-28-12-9-24;/h4-7,10,18H,2,8-9,11-16H2,1,3H3;/q-1;+1/b6-4-;.